The molecule has 0 saturated carbocycles. The Morgan fingerprint density at radius 2 is 0.970 bits per heavy atom. The fourth-order valence-electron chi connectivity index (χ4n) is 2.00. The highest BCUT2D eigenvalue weighted by Crippen LogP contribution is 2.62. The van der Waals surface area contributed by atoms with Crippen LogP contribution in [-0.4, -0.2) is 65.2 Å². The minimum Gasteiger partial charge on any atom is -0.481 e. The highest BCUT2D eigenvalue weighted by molar-refractivity contribution is 5.84. The lowest BCUT2D eigenvalue weighted by molar-refractivity contribution is -0.449. The maximum Gasteiger partial charge on any atom is 0.460 e. The number of carbonyl (C=O) groups excluding carboxylic acids is 1. The minimum absolute atomic E-state index is 0.148. The van der Waals surface area contributed by atoms with Crippen LogP contribution in [0.1, 0.15) is 25.7 Å². The number of nitrogens with one attached hydrogen (secondary N) is 1. The molecule has 19 heteroatoms. The first-order chi connectivity index (χ1) is 14.3. The summed E-state index contributed by atoms with van der Waals surface area (Å²) >= 11 is 0. The number of unbranched alkanes of at least 4 members (excludes halogenated alkanes) is 2. The second-order valence-electron chi connectivity index (χ2n) is 6.40. The largest absolute Gasteiger partial charge is 0.481 e. The summed E-state index contributed by atoms with van der Waals surface area (Å²) in [5.74, 6) is -52.9. The van der Waals surface area contributed by atoms with Crippen LogP contribution in [0.15, 0.2) is 0 Å². The van der Waals surface area contributed by atoms with E-state index in [1.54, 1.807) is 0 Å². The monoisotopic (exact) mass is 527 g/mol. The zero-order valence-electron chi connectivity index (χ0n) is 15.5. The van der Waals surface area contributed by atoms with E-state index in [1.165, 1.54) is 0 Å². The van der Waals surface area contributed by atoms with E-state index in [2.05, 4.69) is 0 Å². The number of hydrogen-bond acceptors (Lipinski definition) is 2. The quantitative estimate of drug-likeness (QED) is 0.274. The Morgan fingerprint density at radius 1 is 0.576 bits per heavy atom. The van der Waals surface area contributed by atoms with Crippen molar-refractivity contribution in [3.63, 3.8) is 0 Å². The van der Waals surface area contributed by atoms with Crippen LogP contribution in [0.5, 0.6) is 0 Å². The van der Waals surface area contributed by atoms with Crippen LogP contribution in [0.3, 0.4) is 0 Å². The predicted molar refractivity (Wildman–Crippen MR) is 74.9 cm³/mol. The summed E-state index contributed by atoms with van der Waals surface area (Å²) in [6.07, 6.45) is -8.96. The molecule has 0 aromatic heterocycles. The molecule has 1 amide bonds. The Hall–Kier alpha value is -2.11. The van der Waals surface area contributed by atoms with Gasteiger partial charge in [0.1, 0.15) is 0 Å². The number of carboxylic acids is 1. The van der Waals surface area contributed by atoms with Crippen LogP contribution in [0.2, 0.25) is 0 Å². The first-order valence-electron chi connectivity index (χ1n) is 8.17. The van der Waals surface area contributed by atoms with Gasteiger partial charge in [-0.15, -0.1) is 0 Å². The Morgan fingerprint density at radius 3 is 1.36 bits per heavy atom. The number of amides is 1. The number of aliphatic carboxylic acids is 1. The number of rotatable bonds is 12. The number of hydrogen-bond donors (Lipinski definition) is 2. The molecule has 33 heavy (non-hydrogen) atoms. The van der Waals surface area contributed by atoms with Crippen molar-refractivity contribution in [3.8, 4) is 0 Å². The van der Waals surface area contributed by atoms with Crippen LogP contribution in [0, 0.1) is 0 Å². The van der Waals surface area contributed by atoms with Crippen LogP contribution < -0.4 is 5.32 Å². The fourth-order valence-corrected chi connectivity index (χ4v) is 2.00. The molecule has 0 aliphatic rings. The minimum atomic E-state index is -8.46. The number of carbonyl (C=O) groups is 2. The fraction of sp³-hybridized carbons (Fsp3) is 0.857. The maximum atomic E-state index is 13.5. The van der Waals surface area contributed by atoms with Gasteiger partial charge in [-0.1, -0.05) is 6.42 Å². The third-order valence-corrected chi connectivity index (χ3v) is 3.97. The second kappa shape index (κ2) is 9.27. The van der Waals surface area contributed by atoms with Crippen LogP contribution >= 0.6 is 0 Å². The van der Waals surface area contributed by atoms with Gasteiger partial charge in [0.2, 0.25) is 0 Å². The van der Waals surface area contributed by atoms with Gasteiger partial charge < -0.3 is 10.4 Å². The van der Waals surface area contributed by atoms with Crippen LogP contribution in [0.4, 0.5) is 65.9 Å². The SMILES string of the molecule is O=C(O)CCCCCNC(=O)C(F)(F)C(F)(F)C(F)(F)C(F)(F)C(F)(F)C(F)(F)C(F)(F)F. The molecule has 0 aliphatic carbocycles. The highest BCUT2D eigenvalue weighted by Gasteiger charge is 2.94. The van der Waals surface area contributed by atoms with E-state index in [-0.39, 0.29) is 12.8 Å². The molecule has 196 valence electrons. The zero-order valence-corrected chi connectivity index (χ0v) is 15.5. The van der Waals surface area contributed by atoms with E-state index < -0.39 is 73.0 Å². The van der Waals surface area contributed by atoms with E-state index in [1.807, 2.05) is 0 Å². The van der Waals surface area contributed by atoms with Crippen molar-refractivity contribution in [1.29, 1.82) is 0 Å². The summed E-state index contributed by atoms with van der Waals surface area (Å²) < 4.78 is 195. The van der Waals surface area contributed by atoms with Crippen molar-refractivity contribution in [1.82, 2.24) is 5.32 Å². The molecule has 0 aliphatic heterocycles. The zero-order chi connectivity index (χ0) is 26.9. The molecule has 0 unspecified atom stereocenters. The average Bonchev–Trinajstić information content (AvgIpc) is 2.62. The van der Waals surface area contributed by atoms with Crippen LogP contribution in [-0.2, 0) is 9.59 Å². The third-order valence-electron chi connectivity index (χ3n) is 3.97. The average molecular weight is 527 g/mol. The third kappa shape index (κ3) is 5.20. The first kappa shape index (κ1) is 30.9. The van der Waals surface area contributed by atoms with Gasteiger partial charge in [-0.2, -0.15) is 65.9 Å². The predicted octanol–water partition coefficient (Wildman–Crippen LogP) is 5.12. The van der Waals surface area contributed by atoms with Gasteiger partial charge in [0, 0.05) is 13.0 Å². The first-order valence-corrected chi connectivity index (χ1v) is 8.17. The van der Waals surface area contributed by atoms with Crippen LogP contribution in [0.25, 0.3) is 0 Å². The summed E-state index contributed by atoms with van der Waals surface area (Å²) in [4.78, 5) is 21.3. The topological polar surface area (TPSA) is 66.4 Å². The summed E-state index contributed by atoms with van der Waals surface area (Å²) in [6, 6.07) is 0. The normalized spacial score (nSPS) is 14.9. The molecule has 0 aromatic carbocycles. The molecule has 0 aromatic rings. The lowest BCUT2D eigenvalue weighted by Crippen LogP contribution is -2.74. The second-order valence-corrected chi connectivity index (χ2v) is 6.40. The smallest absolute Gasteiger partial charge is 0.460 e. The van der Waals surface area contributed by atoms with E-state index >= 15 is 0 Å². The number of halogens is 15. The van der Waals surface area contributed by atoms with Gasteiger partial charge >= 0.3 is 47.7 Å². The van der Waals surface area contributed by atoms with Gasteiger partial charge in [0.15, 0.2) is 0 Å². The molecule has 0 radical (unpaired) electrons. The van der Waals surface area contributed by atoms with E-state index in [0.29, 0.717) is 0 Å². The molecule has 0 heterocycles. The Labute approximate surface area is 173 Å². The molecule has 0 spiro atoms. The van der Waals surface area contributed by atoms with Crippen molar-refractivity contribution < 1.29 is 80.6 Å². The van der Waals surface area contributed by atoms with E-state index in [9.17, 15) is 75.4 Å². The lowest BCUT2D eigenvalue weighted by atomic mass is 9.91. The van der Waals surface area contributed by atoms with Crippen molar-refractivity contribution in [2.45, 2.75) is 67.4 Å². The van der Waals surface area contributed by atoms with Gasteiger partial charge in [0.05, 0.1) is 0 Å². The number of alkyl halides is 15. The molecule has 0 fully saturated rings. The van der Waals surface area contributed by atoms with E-state index in [4.69, 9.17) is 5.11 Å². The molecular weight excluding hydrogens is 515 g/mol. The van der Waals surface area contributed by atoms with Gasteiger partial charge in [0.25, 0.3) is 5.91 Å². The van der Waals surface area contributed by atoms with Gasteiger partial charge in [-0.05, 0) is 12.8 Å². The molecular formula is C14H12F15NO3. The molecule has 4 nitrogen and oxygen atoms in total. The Balaban J connectivity index is 5.85. The number of carboxylic acid groups (broad SMARTS) is 1. The summed E-state index contributed by atoms with van der Waals surface area (Å²) in [5, 5.41) is 9.12. The molecule has 0 saturated heterocycles. The Bertz CT molecular complexity index is 717. The standard InChI is InChI=1S/C14H12F15NO3/c15-8(16,7(33)30-5-3-1-2-4-6(31)32)9(17,18)10(19,20)11(21,22)12(23,24)13(25,26)14(27,28)29/h1-5H2,(H,30,33)(H,31,32). The lowest BCUT2D eigenvalue weighted by Gasteiger charge is -2.41. The van der Waals surface area contributed by atoms with E-state index in [0.717, 1.165) is 5.32 Å². The van der Waals surface area contributed by atoms with Gasteiger partial charge in [-0.25, -0.2) is 0 Å². The molecule has 0 atom stereocenters. The van der Waals surface area contributed by atoms with Crippen molar-refractivity contribution in [2.75, 3.05) is 6.54 Å². The molecule has 2 N–H and O–H groups in total. The molecule has 0 bridgehead atoms. The molecule has 0 rings (SSSR count). The maximum absolute atomic E-state index is 13.5. The van der Waals surface area contributed by atoms with Crippen molar-refractivity contribution in [3.05, 3.63) is 0 Å². The summed E-state index contributed by atoms with van der Waals surface area (Å²) in [6.45, 7) is -1.08. The highest BCUT2D eigenvalue weighted by atomic mass is 19.4. The van der Waals surface area contributed by atoms with Gasteiger partial charge in [-0.3, -0.25) is 9.59 Å². The van der Waals surface area contributed by atoms with Crippen molar-refractivity contribution >= 4 is 11.9 Å². The summed E-state index contributed by atoms with van der Waals surface area (Å²) in [7, 11) is 0. The Kier molecular flexibility index (Phi) is 8.67. The van der Waals surface area contributed by atoms with Crippen molar-refractivity contribution in [2.24, 2.45) is 0 Å². The summed E-state index contributed by atoms with van der Waals surface area (Å²) in [5.41, 5.74) is 0.